The SMILES string of the molecule is CS[C@@H](C)C(=O)Nc1ccc(F)cc1OCC(F)(F)F. The first-order valence-electron chi connectivity index (χ1n) is 5.55. The van der Waals surface area contributed by atoms with Crippen LogP contribution in [-0.4, -0.2) is 30.2 Å². The number of thioether (sulfide) groups is 1. The summed E-state index contributed by atoms with van der Waals surface area (Å²) in [5, 5.41) is 2.01. The van der Waals surface area contributed by atoms with E-state index < -0.39 is 29.8 Å². The first-order valence-corrected chi connectivity index (χ1v) is 6.84. The van der Waals surface area contributed by atoms with Crippen molar-refractivity contribution in [3.05, 3.63) is 24.0 Å². The number of carbonyl (C=O) groups excluding carboxylic acids is 1. The average molecular weight is 311 g/mol. The lowest BCUT2D eigenvalue weighted by Crippen LogP contribution is -2.24. The molecule has 1 aromatic carbocycles. The van der Waals surface area contributed by atoms with Gasteiger partial charge in [0, 0.05) is 6.07 Å². The fourth-order valence-corrected chi connectivity index (χ4v) is 1.49. The number of anilines is 1. The van der Waals surface area contributed by atoms with Crippen LogP contribution in [0.5, 0.6) is 5.75 Å². The summed E-state index contributed by atoms with van der Waals surface area (Å²) in [6, 6.07) is 2.98. The average Bonchev–Trinajstić information content (AvgIpc) is 2.36. The lowest BCUT2D eigenvalue weighted by molar-refractivity contribution is -0.153. The van der Waals surface area contributed by atoms with Gasteiger partial charge >= 0.3 is 6.18 Å². The van der Waals surface area contributed by atoms with Gasteiger partial charge in [-0.25, -0.2) is 4.39 Å². The monoisotopic (exact) mass is 311 g/mol. The Hall–Kier alpha value is -1.44. The number of hydrogen-bond acceptors (Lipinski definition) is 3. The van der Waals surface area contributed by atoms with Crippen molar-refractivity contribution in [1.82, 2.24) is 0 Å². The predicted molar refractivity (Wildman–Crippen MR) is 69.6 cm³/mol. The van der Waals surface area contributed by atoms with E-state index in [-0.39, 0.29) is 11.4 Å². The molecule has 8 heteroatoms. The van der Waals surface area contributed by atoms with Crippen LogP contribution in [-0.2, 0) is 4.79 Å². The van der Waals surface area contributed by atoms with Crippen LogP contribution < -0.4 is 10.1 Å². The lowest BCUT2D eigenvalue weighted by Gasteiger charge is -2.15. The Kier molecular flexibility index (Phi) is 5.67. The molecule has 20 heavy (non-hydrogen) atoms. The second-order valence-corrected chi connectivity index (χ2v) is 5.09. The Balaban J connectivity index is 2.87. The molecule has 0 saturated carbocycles. The van der Waals surface area contributed by atoms with Crippen LogP contribution >= 0.6 is 11.8 Å². The summed E-state index contributed by atoms with van der Waals surface area (Å²) >= 11 is 1.27. The first-order chi connectivity index (χ1) is 9.23. The van der Waals surface area contributed by atoms with E-state index in [1.165, 1.54) is 11.8 Å². The number of amides is 1. The summed E-state index contributed by atoms with van der Waals surface area (Å²) in [6.45, 7) is 0.0805. The Labute approximate surface area is 117 Å². The summed E-state index contributed by atoms with van der Waals surface area (Å²) in [5.74, 6) is -1.51. The first kappa shape index (κ1) is 16.6. The molecule has 0 unspecified atom stereocenters. The fourth-order valence-electron chi connectivity index (χ4n) is 1.22. The zero-order valence-corrected chi connectivity index (χ0v) is 11.6. The van der Waals surface area contributed by atoms with E-state index in [0.717, 1.165) is 18.2 Å². The van der Waals surface area contributed by atoms with Gasteiger partial charge in [-0.3, -0.25) is 4.79 Å². The van der Waals surface area contributed by atoms with Gasteiger partial charge in [-0.2, -0.15) is 24.9 Å². The third kappa shape index (κ3) is 5.28. The highest BCUT2D eigenvalue weighted by molar-refractivity contribution is 7.99. The van der Waals surface area contributed by atoms with E-state index >= 15 is 0 Å². The van der Waals surface area contributed by atoms with Crippen LogP contribution in [0.1, 0.15) is 6.92 Å². The molecular weight excluding hydrogens is 298 g/mol. The van der Waals surface area contributed by atoms with E-state index in [4.69, 9.17) is 0 Å². The molecule has 1 aromatic rings. The number of nitrogens with one attached hydrogen (secondary N) is 1. The van der Waals surface area contributed by atoms with Crippen molar-refractivity contribution in [3.63, 3.8) is 0 Å². The molecule has 0 heterocycles. The number of hydrogen-bond donors (Lipinski definition) is 1. The maximum absolute atomic E-state index is 13.1. The number of halogens is 4. The number of ether oxygens (including phenoxy) is 1. The molecule has 0 radical (unpaired) electrons. The molecule has 1 rings (SSSR count). The summed E-state index contributed by atoms with van der Waals surface area (Å²) in [5.41, 5.74) is 0.00144. The molecule has 3 nitrogen and oxygen atoms in total. The molecular formula is C12H13F4NO2S. The van der Waals surface area contributed by atoms with Crippen molar-refractivity contribution >= 4 is 23.4 Å². The van der Waals surface area contributed by atoms with Crippen molar-refractivity contribution in [2.75, 3.05) is 18.2 Å². The molecule has 0 aliphatic rings. The van der Waals surface area contributed by atoms with Crippen molar-refractivity contribution in [2.45, 2.75) is 18.3 Å². The van der Waals surface area contributed by atoms with E-state index in [1.54, 1.807) is 13.2 Å². The summed E-state index contributed by atoms with van der Waals surface area (Å²) in [4.78, 5) is 11.7. The zero-order valence-electron chi connectivity index (χ0n) is 10.8. The smallest absolute Gasteiger partial charge is 0.422 e. The van der Waals surface area contributed by atoms with E-state index in [9.17, 15) is 22.4 Å². The van der Waals surface area contributed by atoms with Gasteiger partial charge in [0.25, 0.3) is 0 Å². The third-order valence-electron chi connectivity index (χ3n) is 2.32. The Morgan fingerprint density at radius 1 is 1.45 bits per heavy atom. The van der Waals surface area contributed by atoms with E-state index in [2.05, 4.69) is 10.1 Å². The molecule has 1 amide bonds. The molecule has 0 aliphatic carbocycles. The molecule has 0 fully saturated rings. The van der Waals surface area contributed by atoms with Gasteiger partial charge < -0.3 is 10.1 Å². The summed E-state index contributed by atoms with van der Waals surface area (Å²) in [6.07, 6.45) is -2.82. The lowest BCUT2D eigenvalue weighted by atomic mass is 10.2. The van der Waals surface area contributed by atoms with E-state index in [0.29, 0.717) is 0 Å². The van der Waals surface area contributed by atoms with Crippen LogP contribution in [0.15, 0.2) is 18.2 Å². The zero-order chi connectivity index (χ0) is 15.3. The van der Waals surface area contributed by atoms with Gasteiger partial charge in [0.15, 0.2) is 6.61 Å². The number of alkyl halides is 3. The van der Waals surface area contributed by atoms with Crippen LogP contribution in [0, 0.1) is 5.82 Å². The molecule has 0 bridgehead atoms. The maximum Gasteiger partial charge on any atom is 0.422 e. The Morgan fingerprint density at radius 3 is 2.65 bits per heavy atom. The highest BCUT2D eigenvalue weighted by Gasteiger charge is 2.29. The minimum Gasteiger partial charge on any atom is -0.482 e. The van der Waals surface area contributed by atoms with Gasteiger partial charge in [0.2, 0.25) is 5.91 Å². The van der Waals surface area contributed by atoms with Gasteiger partial charge in [-0.15, -0.1) is 0 Å². The minimum atomic E-state index is -4.54. The van der Waals surface area contributed by atoms with Crippen LogP contribution in [0.2, 0.25) is 0 Å². The fraction of sp³-hybridized carbons (Fsp3) is 0.417. The topological polar surface area (TPSA) is 38.3 Å². The molecule has 0 aromatic heterocycles. The third-order valence-corrected chi connectivity index (χ3v) is 3.24. The van der Waals surface area contributed by atoms with Crippen LogP contribution in [0.4, 0.5) is 23.2 Å². The largest absolute Gasteiger partial charge is 0.482 e. The Morgan fingerprint density at radius 2 is 2.10 bits per heavy atom. The highest BCUT2D eigenvalue weighted by atomic mass is 32.2. The molecule has 112 valence electrons. The number of carbonyl (C=O) groups is 1. The van der Waals surface area contributed by atoms with Gasteiger partial charge in [0.05, 0.1) is 10.9 Å². The van der Waals surface area contributed by atoms with Gasteiger partial charge in [-0.1, -0.05) is 0 Å². The normalized spacial score (nSPS) is 12.9. The summed E-state index contributed by atoms with van der Waals surface area (Å²) in [7, 11) is 0. The molecule has 0 aliphatic heterocycles. The van der Waals surface area contributed by atoms with Crippen LogP contribution in [0.3, 0.4) is 0 Å². The second-order valence-electron chi connectivity index (χ2n) is 3.91. The molecule has 0 saturated heterocycles. The number of rotatable bonds is 5. The molecule has 0 spiro atoms. The minimum absolute atomic E-state index is 0.00144. The highest BCUT2D eigenvalue weighted by Crippen LogP contribution is 2.28. The van der Waals surface area contributed by atoms with Crippen LogP contribution in [0.25, 0.3) is 0 Å². The maximum atomic E-state index is 13.1. The number of benzene rings is 1. The van der Waals surface area contributed by atoms with Gasteiger partial charge in [-0.05, 0) is 25.3 Å². The summed E-state index contributed by atoms with van der Waals surface area (Å²) < 4.78 is 53.9. The van der Waals surface area contributed by atoms with Crippen molar-refractivity contribution in [3.8, 4) is 5.75 Å². The molecule has 1 atom stereocenters. The van der Waals surface area contributed by atoms with Crippen molar-refractivity contribution < 1.29 is 27.1 Å². The predicted octanol–water partition coefficient (Wildman–Crippen LogP) is 3.46. The van der Waals surface area contributed by atoms with Crippen molar-refractivity contribution in [2.24, 2.45) is 0 Å². The van der Waals surface area contributed by atoms with Crippen molar-refractivity contribution in [1.29, 1.82) is 0 Å². The molecule has 1 N–H and O–H groups in total. The van der Waals surface area contributed by atoms with Gasteiger partial charge in [0.1, 0.15) is 11.6 Å². The Bertz CT molecular complexity index is 479. The standard InChI is InChI=1S/C12H13F4NO2S/c1-7(20-2)11(18)17-9-4-3-8(13)5-10(9)19-6-12(14,15)16/h3-5,7H,6H2,1-2H3,(H,17,18)/t7-/m0/s1. The second kappa shape index (κ2) is 6.83. The van der Waals surface area contributed by atoms with E-state index in [1.807, 2.05) is 0 Å². The quantitative estimate of drug-likeness (QED) is 0.846.